The fraction of sp³-hybridized carbons (Fsp3) is 0.571. The number of halogens is 1. The zero-order chi connectivity index (χ0) is 13.8. The normalized spacial score (nSPS) is 13.4. The summed E-state index contributed by atoms with van der Waals surface area (Å²) in [5.41, 5.74) is 3.43. The lowest BCUT2D eigenvalue weighted by Gasteiger charge is -2.33. The van der Waals surface area contributed by atoms with Crippen LogP contribution in [0.3, 0.4) is 0 Å². The van der Waals surface area contributed by atoms with E-state index in [0.717, 1.165) is 6.42 Å². The van der Waals surface area contributed by atoms with Gasteiger partial charge >= 0.3 is 0 Å². The summed E-state index contributed by atoms with van der Waals surface area (Å²) in [7, 11) is 1.47. The number of hydrazine groups is 1. The molecule has 4 heteroatoms. The summed E-state index contributed by atoms with van der Waals surface area (Å²) in [5, 5.41) is 0. The number of hydrogen-bond acceptors (Lipinski definition) is 3. The molecule has 0 saturated heterocycles. The second-order valence-electron chi connectivity index (χ2n) is 5.20. The van der Waals surface area contributed by atoms with Crippen molar-refractivity contribution in [2.45, 2.75) is 39.7 Å². The van der Waals surface area contributed by atoms with Crippen molar-refractivity contribution >= 4 is 0 Å². The van der Waals surface area contributed by atoms with Gasteiger partial charge in [0.25, 0.3) is 0 Å². The first kappa shape index (κ1) is 14.9. The van der Waals surface area contributed by atoms with Gasteiger partial charge < -0.3 is 4.74 Å². The number of ether oxygens (including phenoxy) is 1. The lowest BCUT2D eigenvalue weighted by atomic mass is 9.79. The molecule has 0 heterocycles. The molecular weight excluding hydrogens is 231 g/mol. The summed E-state index contributed by atoms with van der Waals surface area (Å²) in [6.07, 6.45) is 1.51. The maximum atomic E-state index is 14.1. The molecule has 1 unspecified atom stereocenters. The quantitative estimate of drug-likeness (QED) is 0.606. The highest BCUT2D eigenvalue weighted by Gasteiger charge is 2.28. The number of nitrogens with two attached hydrogens (primary N) is 1. The largest absolute Gasteiger partial charge is 0.494 e. The first-order valence-corrected chi connectivity index (χ1v) is 6.23. The molecule has 1 rings (SSSR count). The Balaban J connectivity index is 2.96. The maximum Gasteiger partial charge on any atom is 0.168 e. The summed E-state index contributed by atoms with van der Waals surface area (Å²) in [6, 6.07) is 5.20. The number of rotatable bonds is 6. The zero-order valence-electron chi connectivity index (χ0n) is 11.6. The third-order valence-electron chi connectivity index (χ3n) is 3.74. The molecule has 102 valence electrons. The molecule has 0 aromatic heterocycles. The average molecular weight is 254 g/mol. The molecule has 0 aliphatic rings. The minimum absolute atomic E-state index is 0.00423. The van der Waals surface area contributed by atoms with E-state index in [1.165, 1.54) is 7.11 Å². The van der Waals surface area contributed by atoms with Crippen LogP contribution in [0.25, 0.3) is 0 Å². The maximum absolute atomic E-state index is 14.1. The molecule has 18 heavy (non-hydrogen) atoms. The van der Waals surface area contributed by atoms with Gasteiger partial charge in [0.1, 0.15) is 0 Å². The Labute approximate surface area is 108 Å². The van der Waals surface area contributed by atoms with Gasteiger partial charge in [-0.2, -0.15) is 0 Å². The van der Waals surface area contributed by atoms with E-state index in [0.29, 0.717) is 12.0 Å². The number of benzene rings is 1. The first-order valence-electron chi connectivity index (χ1n) is 6.23. The summed E-state index contributed by atoms with van der Waals surface area (Å²) in [5.74, 6) is 5.58. The molecule has 0 fully saturated rings. The highest BCUT2D eigenvalue weighted by atomic mass is 19.1. The number of hydrogen-bond donors (Lipinski definition) is 2. The monoisotopic (exact) mass is 254 g/mol. The third kappa shape index (κ3) is 3.21. The predicted molar refractivity (Wildman–Crippen MR) is 71.8 cm³/mol. The van der Waals surface area contributed by atoms with Crippen molar-refractivity contribution < 1.29 is 9.13 Å². The number of methoxy groups -OCH3 is 1. The van der Waals surface area contributed by atoms with Gasteiger partial charge in [-0.25, -0.2) is 4.39 Å². The molecule has 0 aliphatic carbocycles. The van der Waals surface area contributed by atoms with E-state index in [1.807, 2.05) is 0 Å². The van der Waals surface area contributed by atoms with E-state index in [4.69, 9.17) is 10.6 Å². The molecule has 0 aliphatic heterocycles. The van der Waals surface area contributed by atoms with Crippen LogP contribution in [0.1, 0.15) is 32.8 Å². The molecule has 0 bridgehead atoms. The molecule has 0 amide bonds. The minimum Gasteiger partial charge on any atom is -0.494 e. The zero-order valence-corrected chi connectivity index (χ0v) is 11.6. The molecule has 0 radical (unpaired) electrons. The van der Waals surface area contributed by atoms with Gasteiger partial charge in [-0.3, -0.25) is 11.3 Å². The Bertz CT molecular complexity index is 393. The van der Waals surface area contributed by atoms with Gasteiger partial charge in [0, 0.05) is 6.04 Å². The van der Waals surface area contributed by atoms with Gasteiger partial charge in [-0.1, -0.05) is 32.9 Å². The Morgan fingerprint density at radius 3 is 2.61 bits per heavy atom. The van der Waals surface area contributed by atoms with Crippen molar-refractivity contribution in [1.82, 2.24) is 5.43 Å². The van der Waals surface area contributed by atoms with Crippen molar-refractivity contribution in [3.8, 4) is 5.75 Å². The lowest BCUT2D eigenvalue weighted by molar-refractivity contribution is 0.230. The van der Waals surface area contributed by atoms with Crippen LogP contribution in [0.15, 0.2) is 18.2 Å². The standard InChI is InChI=1S/C14H23FN2O/c1-5-14(2,3)12(17-16)9-10-7-6-8-11(18-4)13(10)15/h6-8,12,17H,5,9,16H2,1-4H3. The average Bonchev–Trinajstić information content (AvgIpc) is 2.37. The fourth-order valence-corrected chi connectivity index (χ4v) is 1.90. The SMILES string of the molecule is CCC(C)(C)C(Cc1cccc(OC)c1F)NN. The second kappa shape index (κ2) is 6.16. The summed E-state index contributed by atoms with van der Waals surface area (Å²) in [6.45, 7) is 6.34. The van der Waals surface area contributed by atoms with E-state index in [-0.39, 0.29) is 23.0 Å². The van der Waals surface area contributed by atoms with E-state index in [2.05, 4.69) is 26.2 Å². The molecular formula is C14H23FN2O. The topological polar surface area (TPSA) is 47.3 Å². The van der Waals surface area contributed by atoms with Crippen LogP contribution >= 0.6 is 0 Å². The van der Waals surface area contributed by atoms with Crippen LogP contribution in [0.5, 0.6) is 5.75 Å². The second-order valence-corrected chi connectivity index (χ2v) is 5.20. The Kier molecular flexibility index (Phi) is 5.11. The van der Waals surface area contributed by atoms with Crippen LogP contribution in [-0.4, -0.2) is 13.2 Å². The molecule has 0 spiro atoms. The van der Waals surface area contributed by atoms with Gasteiger partial charge in [0.15, 0.2) is 11.6 Å². The van der Waals surface area contributed by atoms with Crippen molar-refractivity contribution in [3.05, 3.63) is 29.6 Å². The Morgan fingerprint density at radius 2 is 2.11 bits per heavy atom. The highest BCUT2D eigenvalue weighted by Crippen LogP contribution is 2.29. The van der Waals surface area contributed by atoms with Crippen molar-refractivity contribution in [1.29, 1.82) is 0 Å². The van der Waals surface area contributed by atoms with Crippen molar-refractivity contribution in [2.24, 2.45) is 11.3 Å². The summed E-state index contributed by atoms with van der Waals surface area (Å²) in [4.78, 5) is 0. The van der Waals surface area contributed by atoms with Gasteiger partial charge in [-0.15, -0.1) is 0 Å². The summed E-state index contributed by atoms with van der Waals surface area (Å²) >= 11 is 0. The lowest BCUT2D eigenvalue weighted by Crippen LogP contribution is -2.47. The van der Waals surface area contributed by atoms with E-state index < -0.39 is 0 Å². The smallest absolute Gasteiger partial charge is 0.168 e. The molecule has 0 saturated carbocycles. The van der Waals surface area contributed by atoms with Crippen LogP contribution in [-0.2, 0) is 6.42 Å². The molecule has 1 aromatic carbocycles. The molecule has 1 aromatic rings. The van der Waals surface area contributed by atoms with Gasteiger partial charge in [0.05, 0.1) is 7.11 Å². The third-order valence-corrected chi connectivity index (χ3v) is 3.74. The van der Waals surface area contributed by atoms with Gasteiger partial charge in [-0.05, 0) is 29.9 Å². The minimum atomic E-state index is -0.299. The van der Waals surface area contributed by atoms with E-state index in [9.17, 15) is 4.39 Å². The van der Waals surface area contributed by atoms with Crippen LogP contribution in [0.2, 0.25) is 0 Å². The first-order chi connectivity index (χ1) is 8.46. The van der Waals surface area contributed by atoms with Crippen molar-refractivity contribution in [2.75, 3.05) is 7.11 Å². The van der Waals surface area contributed by atoms with E-state index >= 15 is 0 Å². The Hall–Kier alpha value is -1.13. The molecule has 3 nitrogen and oxygen atoms in total. The van der Waals surface area contributed by atoms with Crippen LogP contribution in [0, 0.1) is 11.2 Å². The van der Waals surface area contributed by atoms with Crippen molar-refractivity contribution in [3.63, 3.8) is 0 Å². The Morgan fingerprint density at radius 1 is 1.44 bits per heavy atom. The van der Waals surface area contributed by atoms with Crippen LogP contribution < -0.4 is 16.0 Å². The summed E-state index contributed by atoms with van der Waals surface area (Å²) < 4.78 is 19.1. The van der Waals surface area contributed by atoms with Crippen LogP contribution in [0.4, 0.5) is 4.39 Å². The molecule has 1 atom stereocenters. The highest BCUT2D eigenvalue weighted by molar-refractivity contribution is 5.31. The number of nitrogens with one attached hydrogen (secondary N) is 1. The van der Waals surface area contributed by atoms with Gasteiger partial charge in [0.2, 0.25) is 0 Å². The predicted octanol–water partition coefficient (Wildman–Crippen LogP) is 2.64. The van der Waals surface area contributed by atoms with E-state index in [1.54, 1.807) is 18.2 Å². The molecule has 3 N–H and O–H groups in total. The fourth-order valence-electron chi connectivity index (χ4n) is 1.90.